The minimum Gasteiger partial charge on any atom is -0.311 e. The Morgan fingerprint density at radius 1 is 0.415 bits per heavy atom. The molecule has 7 aromatic carbocycles. The SMILES string of the molecule is [2H]/C(=C(/[2H])c1ccc2cc(-c3cccc4ccccc34)ccc2c1)c1ccc(N(c2ccccc2)c2ccccc2)cc1. The molecule has 194 valence electrons. The molecule has 7 rings (SSSR count). The van der Waals surface area contributed by atoms with Crippen LogP contribution < -0.4 is 4.90 Å². The molecule has 0 heterocycles. The number of anilines is 3. The van der Waals surface area contributed by atoms with E-state index in [0.717, 1.165) is 33.4 Å². The van der Waals surface area contributed by atoms with Crippen molar-refractivity contribution in [3.05, 3.63) is 175 Å². The van der Waals surface area contributed by atoms with E-state index < -0.39 is 0 Å². The lowest BCUT2D eigenvalue weighted by Gasteiger charge is -2.25. The van der Waals surface area contributed by atoms with Gasteiger partial charge in [0.25, 0.3) is 0 Å². The van der Waals surface area contributed by atoms with Crippen LogP contribution in [0.15, 0.2) is 164 Å². The Labute approximate surface area is 244 Å². The number of fused-ring (bicyclic) bond motifs is 2. The van der Waals surface area contributed by atoms with Crippen molar-refractivity contribution in [3.8, 4) is 11.1 Å². The second-order valence-electron chi connectivity index (χ2n) is 10.1. The highest BCUT2D eigenvalue weighted by molar-refractivity contribution is 5.99. The summed E-state index contributed by atoms with van der Waals surface area (Å²) in [5.74, 6) is 0. The van der Waals surface area contributed by atoms with E-state index in [4.69, 9.17) is 2.74 Å². The molecule has 0 bridgehead atoms. The maximum atomic E-state index is 8.89. The molecule has 0 aromatic heterocycles. The van der Waals surface area contributed by atoms with Crippen molar-refractivity contribution in [2.45, 2.75) is 0 Å². The van der Waals surface area contributed by atoms with Crippen LogP contribution in [0.4, 0.5) is 17.1 Å². The molecule has 1 nitrogen and oxygen atoms in total. The van der Waals surface area contributed by atoms with Gasteiger partial charge in [-0.25, -0.2) is 0 Å². The summed E-state index contributed by atoms with van der Waals surface area (Å²) in [4.78, 5) is 2.19. The monoisotopic (exact) mass is 525 g/mol. The van der Waals surface area contributed by atoms with E-state index >= 15 is 0 Å². The standard InChI is InChI=1S/C40H29N/c1-3-12-36(13-4-1)41(37-14-5-2-6-15-37)38-26-21-30(22-27-38)18-19-31-20-23-34-29-35(25-24-33(34)28-31)40-17-9-11-32-10-7-8-16-39(32)40/h1-29H/b19-18+/i18D,19D. The van der Waals surface area contributed by atoms with E-state index in [2.05, 4.69) is 95.9 Å². The molecule has 7 aromatic rings. The van der Waals surface area contributed by atoms with Crippen molar-refractivity contribution >= 4 is 50.7 Å². The Balaban J connectivity index is 1.20. The van der Waals surface area contributed by atoms with E-state index in [1.807, 2.05) is 72.8 Å². The van der Waals surface area contributed by atoms with E-state index in [0.29, 0.717) is 5.56 Å². The highest BCUT2D eigenvalue weighted by Crippen LogP contribution is 2.35. The van der Waals surface area contributed by atoms with Crippen LogP contribution in [-0.2, 0) is 0 Å². The van der Waals surface area contributed by atoms with Crippen molar-refractivity contribution in [1.82, 2.24) is 0 Å². The number of rotatable bonds is 6. The number of nitrogens with zero attached hydrogens (tertiary/aromatic N) is 1. The molecule has 0 unspecified atom stereocenters. The van der Waals surface area contributed by atoms with E-state index in [9.17, 15) is 0 Å². The molecule has 0 aliphatic carbocycles. The molecule has 0 spiro atoms. The first kappa shape index (κ1) is 22.4. The molecule has 0 aliphatic rings. The first-order valence-corrected chi connectivity index (χ1v) is 13.9. The van der Waals surface area contributed by atoms with Crippen LogP contribution in [0.2, 0.25) is 0 Å². The molecule has 0 aliphatic heterocycles. The van der Waals surface area contributed by atoms with Gasteiger partial charge in [-0.15, -0.1) is 0 Å². The molecule has 0 saturated carbocycles. The Morgan fingerprint density at radius 3 is 1.73 bits per heavy atom. The van der Waals surface area contributed by atoms with Gasteiger partial charge in [-0.1, -0.05) is 127 Å². The lowest BCUT2D eigenvalue weighted by Crippen LogP contribution is -2.09. The normalized spacial score (nSPS) is 12.5. The first-order chi connectivity index (χ1) is 21.2. The molecule has 0 N–H and O–H groups in total. The summed E-state index contributed by atoms with van der Waals surface area (Å²) in [6.07, 6.45) is 0. The minimum absolute atomic E-state index is 0.198. The zero-order valence-corrected chi connectivity index (χ0v) is 22.5. The predicted molar refractivity (Wildman–Crippen MR) is 177 cm³/mol. The molecule has 1 heteroatoms. The van der Waals surface area contributed by atoms with Crippen LogP contribution in [0.5, 0.6) is 0 Å². The summed E-state index contributed by atoms with van der Waals surface area (Å²) >= 11 is 0. The van der Waals surface area contributed by atoms with Gasteiger partial charge >= 0.3 is 0 Å². The van der Waals surface area contributed by atoms with Crippen molar-refractivity contribution in [3.63, 3.8) is 0 Å². The van der Waals surface area contributed by atoms with Gasteiger partial charge in [0.2, 0.25) is 0 Å². The average Bonchev–Trinajstić information content (AvgIpc) is 3.08. The van der Waals surface area contributed by atoms with Crippen LogP contribution in [-0.4, -0.2) is 0 Å². The number of para-hydroxylation sites is 2. The highest BCUT2D eigenvalue weighted by atomic mass is 15.1. The maximum Gasteiger partial charge on any atom is 0.0629 e. The van der Waals surface area contributed by atoms with Gasteiger partial charge in [-0.05, 0) is 92.3 Å². The van der Waals surface area contributed by atoms with Crippen LogP contribution in [0.3, 0.4) is 0 Å². The lowest BCUT2D eigenvalue weighted by molar-refractivity contribution is 1.28. The maximum absolute atomic E-state index is 8.89. The van der Waals surface area contributed by atoms with Gasteiger partial charge in [0, 0.05) is 17.1 Å². The number of hydrogen-bond acceptors (Lipinski definition) is 1. The highest BCUT2D eigenvalue weighted by Gasteiger charge is 2.11. The first-order valence-electron chi connectivity index (χ1n) is 14.9. The predicted octanol–water partition coefficient (Wildman–Crippen LogP) is 11.3. The molecule has 0 saturated heterocycles. The molecule has 0 fully saturated rings. The van der Waals surface area contributed by atoms with E-state index in [-0.39, 0.29) is 12.1 Å². The van der Waals surface area contributed by atoms with Crippen molar-refractivity contribution in [2.24, 2.45) is 0 Å². The smallest absolute Gasteiger partial charge is 0.0629 e. The zero-order chi connectivity index (χ0) is 29.2. The largest absolute Gasteiger partial charge is 0.311 e. The summed E-state index contributed by atoms with van der Waals surface area (Å²) in [6, 6.07) is 56.2. The van der Waals surface area contributed by atoms with E-state index in [1.54, 1.807) is 0 Å². The van der Waals surface area contributed by atoms with Crippen LogP contribution >= 0.6 is 0 Å². The third-order valence-corrected chi connectivity index (χ3v) is 7.45. The fourth-order valence-corrected chi connectivity index (χ4v) is 5.41. The topological polar surface area (TPSA) is 3.24 Å². The molecule has 0 amide bonds. The Hall–Kier alpha value is -5.40. The quantitative estimate of drug-likeness (QED) is 0.195. The molecule has 0 radical (unpaired) electrons. The lowest BCUT2D eigenvalue weighted by atomic mass is 9.96. The minimum atomic E-state index is 0.198. The molecule has 41 heavy (non-hydrogen) atoms. The van der Waals surface area contributed by atoms with Crippen LogP contribution in [0, 0.1) is 0 Å². The number of benzene rings is 7. The fourth-order valence-electron chi connectivity index (χ4n) is 5.41. The summed E-state index contributed by atoms with van der Waals surface area (Å²) in [7, 11) is 0. The van der Waals surface area contributed by atoms with Gasteiger partial charge < -0.3 is 4.90 Å². The Morgan fingerprint density at radius 2 is 0.976 bits per heavy atom. The van der Waals surface area contributed by atoms with Gasteiger partial charge in [0.15, 0.2) is 0 Å². The summed E-state index contributed by atoms with van der Waals surface area (Å²) in [5.41, 5.74) is 6.93. The summed E-state index contributed by atoms with van der Waals surface area (Å²) in [6.45, 7) is 0. The van der Waals surface area contributed by atoms with Crippen molar-refractivity contribution in [1.29, 1.82) is 0 Å². The van der Waals surface area contributed by atoms with Gasteiger partial charge in [-0.2, -0.15) is 0 Å². The summed E-state index contributed by atoms with van der Waals surface area (Å²) in [5, 5.41) is 4.62. The zero-order valence-electron chi connectivity index (χ0n) is 24.5. The Kier molecular flexibility index (Phi) is 6.01. The van der Waals surface area contributed by atoms with Crippen LogP contribution in [0.1, 0.15) is 13.9 Å². The molecular formula is C40H29N. The van der Waals surface area contributed by atoms with Gasteiger partial charge in [-0.3, -0.25) is 0 Å². The third-order valence-electron chi connectivity index (χ3n) is 7.45. The molecule has 0 atom stereocenters. The Bertz CT molecular complexity index is 2040. The molecular weight excluding hydrogens is 494 g/mol. The van der Waals surface area contributed by atoms with Crippen molar-refractivity contribution in [2.75, 3.05) is 4.90 Å². The van der Waals surface area contributed by atoms with Crippen molar-refractivity contribution < 1.29 is 2.74 Å². The van der Waals surface area contributed by atoms with Gasteiger partial charge in [0.05, 0.1) is 2.74 Å². The van der Waals surface area contributed by atoms with E-state index in [1.165, 1.54) is 21.9 Å². The van der Waals surface area contributed by atoms with Gasteiger partial charge in [0.1, 0.15) is 0 Å². The average molecular weight is 526 g/mol. The fraction of sp³-hybridized carbons (Fsp3) is 0. The second-order valence-corrected chi connectivity index (χ2v) is 10.1. The number of hydrogen-bond donors (Lipinski definition) is 0. The third kappa shape index (κ3) is 5.14. The second kappa shape index (κ2) is 11.0. The van der Waals surface area contributed by atoms with Crippen LogP contribution in [0.25, 0.3) is 44.8 Å². The summed E-state index contributed by atoms with van der Waals surface area (Å²) < 4.78 is 17.8.